The van der Waals surface area contributed by atoms with Gasteiger partial charge in [-0.15, -0.1) is 6.58 Å². The maximum absolute atomic E-state index is 14.9. The summed E-state index contributed by atoms with van der Waals surface area (Å²) in [6.45, 7) is 11.1. The summed E-state index contributed by atoms with van der Waals surface area (Å²) < 4.78 is 17.9. The third-order valence-corrected chi connectivity index (χ3v) is 15.4. The largest absolute Gasteiger partial charge is 0.497 e. The van der Waals surface area contributed by atoms with E-state index in [1.165, 1.54) is 0 Å². The standard InChI is InChI=1S/C43H49N3O7Si/c1-7-23-46-37-22-15-32(44-41(49)31-13-16-33(51-3)17-14-31)26-36(37)43(42(46)50)29(2)40(54(5,6)35-20-18-34(52-4)19-21-35)38(53-43)27-39(48)45(24-25-47)28-30-11-9-8-10-12-30/h7-22,26,29,38,40,47H,1,23-25,27-28H2,2-6H3,(H,44,49)/t29-,38+,40-,43+/m1/s1. The summed E-state index contributed by atoms with van der Waals surface area (Å²) in [5.41, 5.74) is 1.60. The number of hydrogen-bond acceptors (Lipinski definition) is 7. The number of ether oxygens (including phenoxy) is 3. The fourth-order valence-electron chi connectivity index (χ4n) is 8.36. The van der Waals surface area contributed by atoms with Gasteiger partial charge in [0.2, 0.25) is 5.91 Å². The molecule has 282 valence electrons. The minimum atomic E-state index is -2.55. The predicted molar refractivity (Wildman–Crippen MR) is 213 cm³/mol. The Morgan fingerprint density at radius 3 is 2.24 bits per heavy atom. The molecule has 0 saturated carbocycles. The third-order valence-electron chi connectivity index (χ3n) is 11.1. The molecule has 2 aliphatic rings. The Labute approximate surface area is 318 Å². The van der Waals surface area contributed by atoms with Crippen LogP contribution in [0.4, 0.5) is 11.4 Å². The maximum Gasteiger partial charge on any atom is 0.264 e. The average molecular weight is 748 g/mol. The number of aliphatic hydroxyl groups excluding tert-OH is 1. The predicted octanol–water partition coefficient (Wildman–Crippen LogP) is 6.12. The van der Waals surface area contributed by atoms with Crippen molar-refractivity contribution >= 4 is 42.4 Å². The number of methoxy groups -OCH3 is 2. The highest BCUT2D eigenvalue weighted by molar-refractivity contribution is 6.91. The first kappa shape index (κ1) is 38.5. The molecule has 1 spiro atoms. The Morgan fingerprint density at radius 2 is 1.63 bits per heavy atom. The summed E-state index contributed by atoms with van der Waals surface area (Å²) in [5, 5.41) is 14.1. The van der Waals surface area contributed by atoms with Gasteiger partial charge in [-0.2, -0.15) is 0 Å². The number of rotatable bonds is 14. The summed E-state index contributed by atoms with van der Waals surface area (Å²) >= 11 is 0. The molecule has 2 heterocycles. The van der Waals surface area contributed by atoms with E-state index in [1.807, 2.05) is 54.6 Å². The number of carbonyl (C=O) groups is 3. The van der Waals surface area contributed by atoms with E-state index in [2.05, 4.69) is 44.0 Å². The van der Waals surface area contributed by atoms with Gasteiger partial charge in [0.15, 0.2) is 5.60 Å². The number of nitrogens with zero attached hydrogens (tertiary/aromatic N) is 2. The van der Waals surface area contributed by atoms with Crippen LogP contribution in [0.5, 0.6) is 11.5 Å². The van der Waals surface area contributed by atoms with Gasteiger partial charge in [-0.05, 0) is 65.7 Å². The van der Waals surface area contributed by atoms with E-state index in [-0.39, 0.29) is 55.3 Å². The number of nitrogens with one attached hydrogen (secondary N) is 1. The summed E-state index contributed by atoms with van der Waals surface area (Å²) in [7, 11) is 0.653. The molecular weight excluding hydrogens is 699 g/mol. The zero-order chi connectivity index (χ0) is 38.6. The minimum Gasteiger partial charge on any atom is -0.497 e. The van der Waals surface area contributed by atoms with Crippen LogP contribution in [-0.4, -0.2) is 75.8 Å². The molecule has 10 nitrogen and oxygen atoms in total. The molecule has 1 saturated heterocycles. The number of anilines is 2. The molecule has 2 aliphatic heterocycles. The van der Waals surface area contributed by atoms with E-state index < -0.39 is 19.8 Å². The van der Waals surface area contributed by atoms with Crippen LogP contribution in [0.15, 0.2) is 110 Å². The van der Waals surface area contributed by atoms with Crippen molar-refractivity contribution in [2.24, 2.45) is 5.92 Å². The second-order valence-electron chi connectivity index (χ2n) is 14.5. The second kappa shape index (κ2) is 16.0. The minimum absolute atomic E-state index is 0.0220. The topological polar surface area (TPSA) is 118 Å². The summed E-state index contributed by atoms with van der Waals surface area (Å²) in [5.74, 6) is 0.319. The van der Waals surface area contributed by atoms with Crippen molar-refractivity contribution in [2.75, 3.05) is 44.1 Å². The normalized spacial score (nSPS) is 20.4. The van der Waals surface area contributed by atoms with E-state index in [0.29, 0.717) is 34.8 Å². The molecule has 4 atom stereocenters. The molecule has 54 heavy (non-hydrogen) atoms. The third kappa shape index (κ3) is 7.18. The van der Waals surface area contributed by atoms with E-state index in [4.69, 9.17) is 14.2 Å². The van der Waals surface area contributed by atoms with E-state index in [9.17, 15) is 19.5 Å². The van der Waals surface area contributed by atoms with Crippen LogP contribution >= 0.6 is 0 Å². The molecule has 0 aliphatic carbocycles. The van der Waals surface area contributed by atoms with Gasteiger partial charge >= 0.3 is 0 Å². The van der Waals surface area contributed by atoms with Gasteiger partial charge in [0, 0.05) is 42.4 Å². The molecule has 3 amide bonds. The van der Waals surface area contributed by atoms with Crippen molar-refractivity contribution in [1.82, 2.24) is 4.90 Å². The van der Waals surface area contributed by atoms with Gasteiger partial charge in [0.05, 0.1) is 47.1 Å². The number of amides is 3. The quantitative estimate of drug-likeness (QED) is 0.118. The monoisotopic (exact) mass is 747 g/mol. The summed E-state index contributed by atoms with van der Waals surface area (Å²) in [6.07, 6.45) is 1.07. The van der Waals surface area contributed by atoms with Crippen LogP contribution < -0.4 is 24.9 Å². The van der Waals surface area contributed by atoms with E-state index in [0.717, 1.165) is 16.5 Å². The van der Waals surface area contributed by atoms with Crippen molar-refractivity contribution in [2.45, 2.75) is 50.2 Å². The van der Waals surface area contributed by atoms with Crippen molar-refractivity contribution in [3.63, 3.8) is 0 Å². The SMILES string of the molecule is C=CCN1C(=O)[C@@]2(O[C@@H](CC(=O)N(CCO)Cc3ccccc3)[C@H]([Si](C)(C)c3ccc(OC)cc3)[C@H]2C)c2cc(NC(=O)c3ccc(OC)cc3)ccc21. The van der Waals surface area contributed by atoms with Crippen molar-refractivity contribution in [3.8, 4) is 11.5 Å². The second-order valence-corrected chi connectivity index (χ2v) is 19.2. The molecule has 11 heteroatoms. The van der Waals surface area contributed by atoms with Gasteiger partial charge in [-0.25, -0.2) is 0 Å². The highest BCUT2D eigenvalue weighted by atomic mass is 28.3. The highest BCUT2D eigenvalue weighted by Gasteiger charge is 2.66. The molecule has 1 fully saturated rings. The molecule has 0 aromatic heterocycles. The van der Waals surface area contributed by atoms with Crippen LogP contribution in [0, 0.1) is 5.92 Å². The molecular formula is C43H49N3O7Si. The Morgan fingerprint density at radius 1 is 0.981 bits per heavy atom. The fourth-order valence-corrected chi connectivity index (χ4v) is 12.4. The Balaban J connectivity index is 1.42. The zero-order valence-corrected chi connectivity index (χ0v) is 32.6. The van der Waals surface area contributed by atoms with Gasteiger partial charge in [-0.3, -0.25) is 14.4 Å². The van der Waals surface area contributed by atoms with Crippen LogP contribution in [0.2, 0.25) is 18.6 Å². The molecule has 2 N–H and O–H groups in total. The van der Waals surface area contributed by atoms with Gasteiger partial charge in [0.25, 0.3) is 11.8 Å². The Kier molecular flexibility index (Phi) is 11.4. The molecule has 6 rings (SSSR count). The number of carbonyl (C=O) groups excluding carboxylic acids is 3. The Bertz CT molecular complexity index is 1990. The number of fused-ring (bicyclic) bond motifs is 2. The van der Waals surface area contributed by atoms with Crippen molar-refractivity contribution in [1.29, 1.82) is 0 Å². The Hall–Kier alpha value is -5.23. The summed E-state index contributed by atoms with van der Waals surface area (Å²) in [4.78, 5) is 46.0. The van der Waals surface area contributed by atoms with Gasteiger partial charge in [0.1, 0.15) is 11.5 Å². The lowest BCUT2D eigenvalue weighted by atomic mass is 9.82. The molecule has 0 unspecified atom stereocenters. The lowest BCUT2D eigenvalue weighted by Crippen LogP contribution is -2.52. The van der Waals surface area contributed by atoms with Gasteiger partial charge in [-0.1, -0.05) is 73.7 Å². The van der Waals surface area contributed by atoms with Crippen LogP contribution in [0.1, 0.15) is 34.8 Å². The lowest BCUT2D eigenvalue weighted by Gasteiger charge is -2.37. The van der Waals surface area contributed by atoms with Crippen molar-refractivity contribution in [3.05, 3.63) is 126 Å². The van der Waals surface area contributed by atoms with E-state index >= 15 is 0 Å². The zero-order valence-electron chi connectivity index (χ0n) is 31.6. The first-order chi connectivity index (χ1) is 26.0. The first-order valence-electron chi connectivity index (χ1n) is 18.3. The van der Waals surface area contributed by atoms with Crippen molar-refractivity contribution < 1.29 is 33.7 Å². The summed E-state index contributed by atoms with van der Waals surface area (Å²) in [6, 6.07) is 30.0. The molecule has 4 aromatic rings. The first-order valence-corrected chi connectivity index (χ1v) is 21.3. The fraction of sp³-hybridized carbons (Fsp3) is 0.326. The lowest BCUT2D eigenvalue weighted by molar-refractivity contribution is -0.149. The number of aliphatic hydroxyl groups is 1. The van der Waals surface area contributed by atoms with Crippen LogP contribution in [0.3, 0.4) is 0 Å². The van der Waals surface area contributed by atoms with E-state index in [1.54, 1.807) is 60.4 Å². The van der Waals surface area contributed by atoms with Crippen LogP contribution in [0.25, 0.3) is 0 Å². The number of hydrogen-bond donors (Lipinski definition) is 2. The smallest absolute Gasteiger partial charge is 0.264 e. The van der Waals surface area contributed by atoms with Crippen LogP contribution in [-0.2, 0) is 26.5 Å². The van der Waals surface area contributed by atoms with Gasteiger partial charge < -0.3 is 34.4 Å². The highest BCUT2D eigenvalue weighted by Crippen LogP contribution is 2.60. The average Bonchev–Trinajstić information content (AvgIpc) is 3.60. The maximum atomic E-state index is 14.9. The molecule has 0 bridgehead atoms. The number of benzene rings is 4. The molecule has 4 aromatic carbocycles. The molecule has 0 radical (unpaired) electrons.